The van der Waals surface area contributed by atoms with Crippen molar-refractivity contribution >= 4 is 43.4 Å². The number of para-hydroxylation sites is 2. The molecule has 0 aliphatic heterocycles. The topological polar surface area (TPSA) is 69.7 Å². The van der Waals surface area contributed by atoms with E-state index < -0.39 is 16.1 Å². The Balaban J connectivity index is 2.30. The maximum atomic E-state index is 12.6. The van der Waals surface area contributed by atoms with Crippen LogP contribution in [-0.2, 0) is 15.0 Å². The van der Waals surface area contributed by atoms with Crippen molar-refractivity contribution in [3.05, 3.63) is 59.1 Å². The lowest BCUT2D eigenvalue weighted by molar-refractivity contribution is -0.114. The number of hydrogen-bond acceptors (Lipinski definition) is 3. The van der Waals surface area contributed by atoms with E-state index in [0.29, 0.717) is 15.8 Å². The molecule has 1 N–H and O–H groups in total. The van der Waals surface area contributed by atoms with Crippen LogP contribution in [0.5, 0.6) is 0 Å². The molecular formula is C16H18BrN3O3S. The molecule has 6 nitrogen and oxygen atoms in total. The Morgan fingerprint density at radius 3 is 2.21 bits per heavy atom. The highest BCUT2D eigenvalue weighted by atomic mass is 79.9. The molecular weight excluding hydrogens is 394 g/mol. The number of benzene rings is 2. The summed E-state index contributed by atoms with van der Waals surface area (Å²) in [7, 11) is -0.976. The van der Waals surface area contributed by atoms with Crippen LogP contribution in [0.25, 0.3) is 0 Å². The Labute approximate surface area is 150 Å². The fourth-order valence-corrected chi connectivity index (χ4v) is 3.69. The summed E-state index contributed by atoms with van der Waals surface area (Å²) >= 11 is 3.34. The van der Waals surface area contributed by atoms with Gasteiger partial charge in [0.05, 0.1) is 5.69 Å². The maximum Gasteiger partial charge on any atom is 0.304 e. The number of amides is 1. The number of hydrogen-bond donors (Lipinski definition) is 1. The van der Waals surface area contributed by atoms with Crippen molar-refractivity contribution in [3.63, 3.8) is 0 Å². The van der Waals surface area contributed by atoms with Crippen LogP contribution in [0.4, 0.5) is 11.4 Å². The molecule has 0 saturated carbocycles. The molecule has 2 rings (SSSR count). The van der Waals surface area contributed by atoms with E-state index in [1.807, 2.05) is 6.07 Å². The summed E-state index contributed by atoms with van der Waals surface area (Å²) < 4.78 is 28.0. The number of carbonyl (C=O) groups excluding carboxylic acids is 1. The summed E-state index contributed by atoms with van der Waals surface area (Å²) in [4.78, 5) is 12.3. The summed E-state index contributed by atoms with van der Waals surface area (Å²) in [5.74, 6) is -0.428. The number of rotatable bonds is 6. The van der Waals surface area contributed by atoms with Gasteiger partial charge < -0.3 is 5.32 Å². The average Bonchev–Trinajstić information content (AvgIpc) is 2.54. The second kappa shape index (κ2) is 7.78. The summed E-state index contributed by atoms with van der Waals surface area (Å²) in [5.41, 5.74) is 1.01. The van der Waals surface area contributed by atoms with Crippen molar-refractivity contribution in [1.29, 1.82) is 0 Å². The number of carbonyl (C=O) groups is 1. The van der Waals surface area contributed by atoms with E-state index in [1.54, 1.807) is 48.5 Å². The Morgan fingerprint density at radius 1 is 1.04 bits per heavy atom. The molecule has 2 aromatic carbocycles. The van der Waals surface area contributed by atoms with Gasteiger partial charge in [0.1, 0.15) is 6.54 Å². The normalized spacial score (nSPS) is 11.3. The number of anilines is 2. The third-order valence-electron chi connectivity index (χ3n) is 3.21. The first-order valence-electron chi connectivity index (χ1n) is 7.12. The average molecular weight is 412 g/mol. The van der Waals surface area contributed by atoms with Crippen LogP contribution in [0.15, 0.2) is 59.1 Å². The third kappa shape index (κ3) is 4.34. The first-order valence-corrected chi connectivity index (χ1v) is 9.31. The van der Waals surface area contributed by atoms with Crippen LogP contribution in [0, 0.1) is 0 Å². The zero-order chi connectivity index (χ0) is 17.7. The zero-order valence-electron chi connectivity index (χ0n) is 13.3. The van der Waals surface area contributed by atoms with Gasteiger partial charge in [-0.1, -0.05) is 30.3 Å². The molecule has 0 heterocycles. The van der Waals surface area contributed by atoms with Gasteiger partial charge in [-0.25, -0.2) is 4.31 Å². The van der Waals surface area contributed by atoms with Gasteiger partial charge in [0, 0.05) is 24.3 Å². The molecule has 0 bridgehead atoms. The first kappa shape index (κ1) is 18.4. The smallest absolute Gasteiger partial charge is 0.304 e. The highest BCUT2D eigenvalue weighted by Crippen LogP contribution is 2.28. The minimum absolute atomic E-state index is 0.335. The van der Waals surface area contributed by atoms with E-state index in [0.717, 1.165) is 8.61 Å². The minimum atomic E-state index is -3.83. The summed E-state index contributed by atoms with van der Waals surface area (Å²) in [6.07, 6.45) is 0. The molecule has 0 fully saturated rings. The highest BCUT2D eigenvalue weighted by molar-refractivity contribution is 9.10. The molecule has 0 aromatic heterocycles. The van der Waals surface area contributed by atoms with Gasteiger partial charge in [-0.15, -0.1) is 0 Å². The van der Waals surface area contributed by atoms with Crippen molar-refractivity contribution in [2.45, 2.75) is 0 Å². The van der Waals surface area contributed by atoms with Gasteiger partial charge in [0.15, 0.2) is 0 Å². The van der Waals surface area contributed by atoms with Gasteiger partial charge >= 0.3 is 10.2 Å². The molecule has 2 aromatic rings. The molecule has 0 unspecified atom stereocenters. The zero-order valence-corrected chi connectivity index (χ0v) is 15.7. The number of nitrogens with zero attached hydrogens (tertiary/aromatic N) is 2. The first-order chi connectivity index (χ1) is 11.3. The predicted molar refractivity (Wildman–Crippen MR) is 99.2 cm³/mol. The van der Waals surface area contributed by atoms with Crippen molar-refractivity contribution < 1.29 is 13.2 Å². The van der Waals surface area contributed by atoms with Crippen LogP contribution in [-0.4, -0.2) is 39.3 Å². The van der Waals surface area contributed by atoms with E-state index in [-0.39, 0.29) is 6.54 Å². The van der Waals surface area contributed by atoms with E-state index in [9.17, 15) is 13.2 Å². The fourth-order valence-electron chi connectivity index (χ4n) is 1.99. The van der Waals surface area contributed by atoms with E-state index in [2.05, 4.69) is 21.2 Å². The van der Waals surface area contributed by atoms with Gasteiger partial charge in [0.2, 0.25) is 5.91 Å². The highest BCUT2D eigenvalue weighted by Gasteiger charge is 2.28. The molecule has 0 radical (unpaired) electrons. The molecule has 24 heavy (non-hydrogen) atoms. The fraction of sp³-hybridized carbons (Fsp3) is 0.188. The second-order valence-corrected chi connectivity index (χ2v) is 8.08. The van der Waals surface area contributed by atoms with E-state index >= 15 is 0 Å². The predicted octanol–water partition coefficient (Wildman–Crippen LogP) is 2.70. The Morgan fingerprint density at radius 2 is 1.62 bits per heavy atom. The third-order valence-corrected chi connectivity index (χ3v) is 5.68. The standard InChI is InChI=1S/C16H18BrN3O3S/c1-19(2)24(22,23)20(15-11-7-6-10-14(15)17)12-16(21)18-13-8-4-3-5-9-13/h3-11H,12H2,1-2H3,(H,18,21). The molecule has 8 heteroatoms. The molecule has 0 spiro atoms. The van der Waals surface area contributed by atoms with Crippen LogP contribution >= 0.6 is 15.9 Å². The van der Waals surface area contributed by atoms with Crippen LogP contribution in [0.2, 0.25) is 0 Å². The quantitative estimate of drug-likeness (QED) is 0.793. The molecule has 0 saturated heterocycles. The van der Waals surface area contributed by atoms with Crippen molar-refractivity contribution in [2.75, 3.05) is 30.3 Å². The lowest BCUT2D eigenvalue weighted by Gasteiger charge is -2.27. The van der Waals surface area contributed by atoms with Crippen LogP contribution in [0.1, 0.15) is 0 Å². The Bertz CT molecular complexity index is 810. The van der Waals surface area contributed by atoms with Crippen molar-refractivity contribution in [1.82, 2.24) is 4.31 Å². The Kier molecular flexibility index (Phi) is 5.98. The Hall–Kier alpha value is -1.90. The second-order valence-electron chi connectivity index (χ2n) is 5.16. The lowest BCUT2D eigenvalue weighted by Crippen LogP contribution is -2.44. The molecule has 128 valence electrons. The lowest BCUT2D eigenvalue weighted by atomic mass is 10.3. The van der Waals surface area contributed by atoms with Gasteiger partial charge in [0.25, 0.3) is 0 Å². The SMILES string of the molecule is CN(C)S(=O)(=O)N(CC(=O)Nc1ccccc1)c1ccccc1Br. The van der Waals surface area contributed by atoms with Crippen molar-refractivity contribution in [3.8, 4) is 0 Å². The van der Waals surface area contributed by atoms with Crippen molar-refractivity contribution in [2.24, 2.45) is 0 Å². The molecule has 0 atom stereocenters. The largest absolute Gasteiger partial charge is 0.325 e. The molecule has 1 amide bonds. The van der Waals surface area contributed by atoms with Gasteiger partial charge in [-0.05, 0) is 40.2 Å². The number of nitrogens with one attached hydrogen (secondary N) is 1. The molecule has 0 aliphatic rings. The van der Waals surface area contributed by atoms with Gasteiger partial charge in [-0.3, -0.25) is 4.79 Å². The summed E-state index contributed by atoms with van der Waals surface area (Å²) in [5, 5.41) is 2.69. The van der Waals surface area contributed by atoms with E-state index in [4.69, 9.17) is 0 Å². The molecule has 0 aliphatic carbocycles. The monoisotopic (exact) mass is 411 g/mol. The minimum Gasteiger partial charge on any atom is -0.325 e. The van der Waals surface area contributed by atoms with Gasteiger partial charge in [-0.2, -0.15) is 12.7 Å². The van der Waals surface area contributed by atoms with Crippen LogP contribution < -0.4 is 9.62 Å². The summed E-state index contributed by atoms with van der Waals surface area (Å²) in [6.45, 7) is -0.335. The van der Waals surface area contributed by atoms with Crippen LogP contribution in [0.3, 0.4) is 0 Å². The number of halogens is 1. The summed E-state index contributed by atoms with van der Waals surface area (Å²) in [6, 6.07) is 15.7. The maximum absolute atomic E-state index is 12.6. The van der Waals surface area contributed by atoms with E-state index in [1.165, 1.54) is 14.1 Å².